The molecule has 3 nitrogen and oxygen atoms in total. The van der Waals surface area contributed by atoms with E-state index in [-0.39, 0.29) is 6.54 Å². The Morgan fingerprint density at radius 3 is 2.62 bits per heavy atom. The van der Waals surface area contributed by atoms with Crippen molar-refractivity contribution in [2.45, 2.75) is 18.9 Å². The molecule has 1 aliphatic rings. The summed E-state index contributed by atoms with van der Waals surface area (Å²) in [6.07, 6.45) is 1.96. The molecule has 1 heterocycles. The number of hydrogen-bond donors (Lipinski definition) is 2. The van der Waals surface area contributed by atoms with Gasteiger partial charge in [0, 0.05) is 24.1 Å². The van der Waals surface area contributed by atoms with Gasteiger partial charge in [0.1, 0.15) is 0 Å². The summed E-state index contributed by atoms with van der Waals surface area (Å²) in [5, 5.41) is 9.65. The van der Waals surface area contributed by atoms with E-state index >= 15 is 0 Å². The van der Waals surface area contributed by atoms with Gasteiger partial charge < -0.3 is 15.7 Å². The number of rotatable bonds is 3. The molecule has 1 unspecified atom stereocenters. The van der Waals surface area contributed by atoms with Crippen LogP contribution in [0.1, 0.15) is 24.5 Å². The van der Waals surface area contributed by atoms with Gasteiger partial charge in [-0.25, -0.2) is 0 Å². The van der Waals surface area contributed by atoms with E-state index in [2.05, 4.69) is 26.9 Å². The molecule has 0 aromatic heterocycles. The van der Waals surface area contributed by atoms with Gasteiger partial charge in [-0.1, -0.05) is 6.07 Å². The molecule has 1 atom stereocenters. The van der Waals surface area contributed by atoms with Crippen LogP contribution in [0.5, 0.6) is 0 Å². The Kier molecular flexibility index (Phi) is 3.84. The van der Waals surface area contributed by atoms with E-state index in [9.17, 15) is 5.11 Å². The van der Waals surface area contributed by atoms with Crippen molar-refractivity contribution in [2.75, 3.05) is 24.5 Å². The van der Waals surface area contributed by atoms with Crippen LogP contribution in [0.15, 0.2) is 22.7 Å². The molecule has 2 rings (SSSR count). The first-order valence-corrected chi connectivity index (χ1v) is 6.44. The standard InChI is InChI=1S/C12H17BrN2O/c13-10-7-9(12(16)8-14)3-4-11(10)15-5-1-2-6-15/h3-4,7,12,16H,1-2,5-6,8,14H2. The number of benzene rings is 1. The average Bonchev–Trinajstić information content (AvgIpc) is 2.81. The molecule has 0 saturated carbocycles. The summed E-state index contributed by atoms with van der Waals surface area (Å²) in [5.41, 5.74) is 7.52. The van der Waals surface area contributed by atoms with Gasteiger partial charge in [-0.05, 0) is 46.5 Å². The third-order valence-corrected chi connectivity index (χ3v) is 3.66. The lowest BCUT2D eigenvalue weighted by molar-refractivity contribution is 0.186. The van der Waals surface area contributed by atoms with Gasteiger partial charge in [0.2, 0.25) is 0 Å². The van der Waals surface area contributed by atoms with E-state index in [0.717, 1.165) is 23.1 Å². The summed E-state index contributed by atoms with van der Waals surface area (Å²) in [4.78, 5) is 2.36. The van der Waals surface area contributed by atoms with Gasteiger partial charge in [0.05, 0.1) is 11.8 Å². The van der Waals surface area contributed by atoms with Crippen LogP contribution in [-0.4, -0.2) is 24.7 Å². The second-order valence-corrected chi connectivity index (χ2v) is 5.01. The molecule has 3 N–H and O–H groups in total. The van der Waals surface area contributed by atoms with Gasteiger partial charge in [-0.2, -0.15) is 0 Å². The van der Waals surface area contributed by atoms with E-state index in [1.54, 1.807) is 0 Å². The van der Waals surface area contributed by atoms with Crippen LogP contribution < -0.4 is 10.6 Å². The van der Waals surface area contributed by atoms with Crippen molar-refractivity contribution in [1.82, 2.24) is 0 Å². The summed E-state index contributed by atoms with van der Waals surface area (Å²) in [7, 11) is 0. The van der Waals surface area contributed by atoms with Crippen molar-refractivity contribution >= 4 is 21.6 Å². The molecule has 16 heavy (non-hydrogen) atoms. The highest BCUT2D eigenvalue weighted by molar-refractivity contribution is 9.10. The van der Waals surface area contributed by atoms with E-state index in [1.165, 1.54) is 18.5 Å². The Morgan fingerprint density at radius 2 is 2.06 bits per heavy atom. The second-order valence-electron chi connectivity index (χ2n) is 4.16. The Balaban J connectivity index is 2.22. The fourth-order valence-electron chi connectivity index (χ4n) is 2.08. The van der Waals surface area contributed by atoms with Crippen LogP contribution >= 0.6 is 15.9 Å². The van der Waals surface area contributed by atoms with Crippen LogP contribution in [0.4, 0.5) is 5.69 Å². The van der Waals surface area contributed by atoms with Crippen LogP contribution in [0.3, 0.4) is 0 Å². The topological polar surface area (TPSA) is 49.5 Å². The Morgan fingerprint density at radius 1 is 1.38 bits per heavy atom. The molecule has 1 aliphatic heterocycles. The van der Waals surface area contributed by atoms with Gasteiger partial charge in [-0.15, -0.1) is 0 Å². The van der Waals surface area contributed by atoms with Crippen LogP contribution in [0.25, 0.3) is 0 Å². The van der Waals surface area contributed by atoms with Gasteiger partial charge in [-0.3, -0.25) is 0 Å². The van der Waals surface area contributed by atoms with Gasteiger partial charge >= 0.3 is 0 Å². The minimum atomic E-state index is -0.566. The predicted molar refractivity (Wildman–Crippen MR) is 69.6 cm³/mol. The number of nitrogens with two attached hydrogens (primary N) is 1. The fourth-order valence-corrected chi connectivity index (χ4v) is 2.73. The molecule has 1 saturated heterocycles. The number of hydrogen-bond acceptors (Lipinski definition) is 3. The van der Waals surface area contributed by atoms with Crippen molar-refractivity contribution in [3.8, 4) is 0 Å². The van der Waals surface area contributed by atoms with Crippen LogP contribution in [0, 0.1) is 0 Å². The molecule has 88 valence electrons. The molecule has 0 radical (unpaired) electrons. The first kappa shape index (κ1) is 11.9. The molecule has 4 heteroatoms. The Labute approximate surface area is 104 Å². The first-order chi connectivity index (χ1) is 7.72. The molecule has 1 aromatic rings. The zero-order chi connectivity index (χ0) is 11.5. The van der Waals surface area contributed by atoms with Crippen LogP contribution in [0.2, 0.25) is 0 Å². The normalized spacial score (nSPS) is 17.8. The lowest BCUT2D eigenvalue weighted by Gasteiger charge is -2.20. The third kappa shape index (κ3) is 2.39. The first-order valence-electron chi connectivity index (χ1n) is 5.65. The van der Waals surface area contributed by atoms with Crippen molar-refractivity contribution in [3.05, 3.63) is 28.2 Å². The smallest absolute Gasteiger partial charge is 0.0912 e. The monoisotopic (exact) mass is 284 g/mol. The molecule has 0 spiro atoms. The van der Waals surface area contributed by atoms with Gasteiger partial charge in [0.25, 0.3) is 0 Å². The molecule has 0 amide bonds. The highest BCUT2D eigenvalue weighted by Crippen LogP contribution is 2.31. The zero-order valence-electron chi connectivity index (χ0n) is 9.19. The summed E-state index contributed by atoms with van der Waals surface area (Å²) in [6.45, 7) is 2.50. The Hall–Kier alpha value is -0.580. The van der Waals surface area contributed by atoms with Crippen molar-refractivity contribution in [3.63, 3.8) is 0 Å². The molecular weight excluding hydrogens is 268 g/mol. The summed E-state index contributed by atoms with van der Waals surface area (Å²) < 4.78 is 1.04. The van der Waals surface area contributed by atoms with Crippen molar-refractivity contribution in [1.29, 1.82) is 0 Å². The van der Waals surface area contributed by atoms with E-state index in [1.807, 2.05) is 12.1 Å². The SMILES string of the molecule is NCC(O)c1ccc(N2CCCC2)c(Br)c1. The van der Waals surface area contributed by atoms with Gasteiger partial charge in [0.15, 0.2) is 0 Å². The third-order valence-electron chi connectivity index (χ3n) is 3.03. The number of aliphatic hydroxyl groups is 1. The number of aliphatic hydroxyl groups excluding tert-OH is 1. The number of anilines is 1. The lowest BCUT2D eigenvalue weighted by atomic mass is 10.1. The summed E-state index contributed by atoms with van der Waals surface area (Å²) >= 11 is 3.56. The van der Waals surface area contributed by atoms with Crippen molar-refractivity contribution in [2.24, 2.45) is 5.73 Å². The maximum Gasteiger partial charge on any atom is 0.0912 e. The molecule has 0 aliphatic carbocycles. The lowest BCUT2D eigenvalue weighted by Crippen LogP contribution is -2.18. The predicted octanol–water partition coefficient (Wildman–Crippen LogP) is 2.04. The number of nitrogens with zero attached hydrogens (tertiary/aromatic N) is 1. The highest BCUT2D eigenvalue weighted by Gasteiger charge is 2.16. The molecular formula is C12H17BrN2O. The second kappa shape index (κ2) is 5.17. The average molecular weight is 285 g/mol. The number of halogens is 1. The zero-order valence-corrected chi connectivity index (χ0v) is 10.8. The van der Waals surface area contributed by atoms with Crippen molar-refractivity contribution < 1.29 is 5.11 Å². The molecule has 1 fully saturated rings. The molecule has 0 bridgehead atoms. The minimum Gasteiger partial charge on any atom is -0.387 e. The van der Waals surface area contributed by atoms with E-state index in [4.69, 9.17) is 5.73 Å². The quantitative estimate of drug-likeness (QED) is 0.893. The van der Waals surface area contributed by atoms with Crippen LogP contribution in [-0.2, 0) is 0 Å². The fraction of sp³-hybridized carbons (Fsp3) is 0.500. The molecule has 1 aromatic carbocycles. The summed E-state index contributed by atoms with van der Waals surface area (Å²) in [6, 6.07) is 5.98. The maximum absolute atomic E-state index is 9.65. The maximum atomic E-state index is 9.65. The minimum absolute atomic E-state index is 0.259. The summed E-state index contributed by atoms with van der Waals surface area (Å²) in [5.74, 6) is 0. The van der Waals surface area contributed by atoms with E-state index in [0.29, 0.717) is 0 Å². The Bertz CT molecular complexity index is 364. The largest absolute Gasteiger partial charge is 0.387 e. The van der Waals surface area contributed by atoms with E-state index < -0.39 is 6.10 Å². The highest BCUT2D eigenvalue weighted by atomic mass is 79.9.